The third-order valence-electron chi connectivity index (χ3n) is 4.21. The van der Waals surface area contributed by atoms with Crippen LogP contribution in [0.2, 0.25) is 0 Å². The molecule has 1 aliphatic rings. The Labute approximate surface area is 154 Å². The molecule has 0 atom stereocenters. The van der Waals surface area contributed by atoms with E-state index in [1.165, 1.54) is 6.42 Å². The summed E-state index contributed by atoms with van der Waals surface area (Å²) < 4.78 is 34.1. The van der Waals surface area contributed by atoms with Crippen molar-refractivity contribution in [1.29, 1.82) is 0 Å². The van der Waals surface area contributed by atoms with Gasteiger partial charge >= 0.3 is 5.97 Å². The first-order valence-electron chi connectivity index (χ1n) is 8.50. The summed E-state index contributed by atoms with van der Waals surface area (Å²) in [7, 11) is 0. The minimum atomic E-state index is -0.955. The van der Waals surface area contributed by atoms with Gasteiger partial charge in [-0.25, -0.2) is 13.8 Å². The molecule has 1 fully saturated rings. The lowest BCUT2D eigenvalue weighted by molar-refractivity contribution is -0.137. The van der Waals surface area contributed by atoms with Gasteiger partial charge in [0.15, 0.2) is 11.6 Å². The molecule has 4 nitrogen and oxygen atoms in total. The molecule has 0 unspecified atom stereocenters. The largest absolute Gasteiger partial charge is 0.490 e. The number of hydrogen-bond acceptors (Lipinski definition) is 4. The molecule has 1 aliphatic carbocycles. The van der Waals surface area contributed by atoms with Gasteiger partial charge in [-0.3, -0.25) is 4.79 Å². The molecule has 138 valence electrons. The molecule has 7 heteroatoms. The van der Waals surface area contributed by atoms with E-state index >= 15 is 0 Å². The fourth-order valence-corrected chi connectivity index (χ4v) is 3.90. The summed E-state index contributed by atoms with van der Waals surface area (Å²) >= 11 is 1.60. The molecule has 1 N–H and O–H groups in total. The second-order valence-corrected chi connectivity index (χ2v) is 7.42. The number of rotatable bonds is 8. The Morgan fingerprint density at radius 3 is 2.77 bits per heavy atom. The fourth-order valence-electron chi connectivity index (χ4n) is 2.59. The third-order valence-corrected chi connectivity index (χ3v) is 5.56. The number of nitrogens with zero attached hydrogens (tertiary/aromatic N) is 1. The maximum absolute atomic E-state index is 14.6. The van der Waals surface area contributed by atoms with E-state index in [4.69, 9.17) is 9.84 Å². The van der Waals surface area contributed by atoms with Gasteiger partial charge < -0.3 is 9.84 Å². The zero-order valence-electron chi connectivity index (χ0n) is 14.1. The van der Waals surface area contributed by atoms with Crippen LogP contribution < -0.4 is 4.74 Å². The molecular formula is C19H19F2NO3S. The highest BCUT2D eigenvalue weighted by atomic mass is 32.2. The Morgan fingerprint density at radius 1 is 1.27 bits per heavy atom. The van der Waals surface area contributed by atoms with Crippen molar-refractivity contribution in [3.05, 3.63) is 42.1 Å². The van der Waals surface area contributed by atoms with Gasteiger partial charge in [0.25, 0.3) is 0 Å². The Morgan fingerprint density at radius 2 is 2.08 bits per heavy atom. The minimum absolute atomic E-state index is 0.0116. The van der Waals surface area contributed by atoms with E-state index in [0.29, 0.717) is 15.8 Å². The highest BCUT2D eigenvalue weighted by molar-refractivity contribution is 8.00. The summed E-state index contributed by atoms with van der Waals surface area (Å²) in [6.45, 7) is 0.0116. The SMILES string of the molecule is O=C(O)CCCOc1cc(F)c(-c2cccnc2SC2CCC2)cc1F. The average Bonchev–Trinajstić information content (AvgIpc) is 2.58. The molecule has 1 aromatic carbocycles. The van der Waals surface area contributed by atoms with Gasteiger partial charge in [-0.1, -0.05) is 12.5 Å². The van der Waals surface area contributed by atoms with Gasteiger partial charge in [0.1, 0.15) is 10.8 Å². The van der Waals surface area contributed by atoms with Crippen LogP contribution in [0, 0.1) is 11.6 Å². The predicted molar refractivity (Wildman–Crippen MR) is 95.4 cm³/mol. The van der Waals surface area contributed by atoms with Gasteiger partial charge in [0, 0.05) is 35.1 Å². The number of aliphatic carboxylic acids is 1. The molecule has 1 heterocycles. The summed E-state index contributed by atoms with van der Waals surface area (Å²) in [4.78, 5) is 14.8. The molecular weight excluding hydrogens is 360 g/mol. The molecule has 1 saturated carbocycles. The maximum atomic E-state index is 14.6. The molecule has 26 heavy (non-hydrogen) atoms. The standard InChI is InChI=1S/C19H19F2NO3S/c20-15-11-17(25-9-3-7-18(23)24)16(21)10-14(15)13-6-2-8-22-19(13)26-12-4-1-5-12/h2,6,8,10-12H,1,3-5,7,9H2,(H,23,24). The molecule has 0 saturated heterocycles. The summed E-state index contributed by atoms with van der Waals surface area (Å²) in [6, 6.07) is 5.56. The molecule has 3 rings (SSSR count). The fraction of sp³-hybridized carbons (Fsp3) is 0.368. The maximum Gasteiger partial charge on any atom is 0.303 e. The quantitative estimate of drug-likeness (QED) is 0.660. The van der Waals surface area contributed by atoms with Crippen molar-refractivity contribution in [2.45, 2.75) is 42.4 Å². The van der Waals surface area contributed by atoms with Crippen LogP contribution in [0.1, 0.15) is 32.1 Å². The van der Waals surface area contributed by atoms with Crippen molar-refractivity contribution in [3.8, 4) is 16.9 Å². The first-order chi connectivity index (χ1) is 12.5. The van der Waals surface area contributed by atoms with Crippen LogP contribution in [0.15, 0.2) is 35.5 Å². The summed E-state index contributed by atoms with van der Waals surface area (Å²) in [5, 5.41) is 9.76. The van der Waals surface area contributed by atoms with Crippen LogP contribution in [-0.4, -0.2) is 27.9 Å². The minimum Gasteiger partial charge on any atom is -0.490 e. The van der Waals surface area contributed by atoms with E-state index in [9.17, 15) is 13.6 Å². The number of carboxylic acids is 1. The zero-order chi connectivity index (χ0) is 18.5. The molecule has 0 spiro atoms. The number of pyridine rings is 1. The number of carboxylic acid groups (broad SMARTS) is 1. The van der Waals surface area contributed by atoms with Gasteiger partial charge in [-0.2, -0.15) is 0 Å². The number of carbonyl (C=O) groups is 1. The Hall–Kier alpha value is -2.15. The van der Waals surface area contributed by atoms with E-state index in [1.807, 2.05) is 0 Å². The second kappa shape index (κ2) is 8.49. The zero-order valence-corrected chi connectivity index (χ0v) is 14.9. The van der Waals surface area contributed by atoms with Gasteiger partial charge in [-0.05, 0) is 31.4 Å². The molecule has 0 bridgehead atoms. The lowest BCUT2D eigenvalue weighted by atomic mass is 10.00. The van der Waals surface area contributed by atoms with Gasteiger partial charge in [0.05, 0.1) is 6.61 Å². The highest BCUT2D eigenvalue weighted by Crippen LogP contribution is 2.40. The van der Waals surface area contributed by atoms with Crippen molar-refractivity contribution in [2.24, 2.45) is 0 Å². The Bertz CT molecular complexity index is 796. The predicted octanol–water partition coefficient (Wildman–Crippen LogP) is 4.92. The van der Waals surface area contributed by atoms with E-state index in [1.54, 1.807) is 30.1 Å². The van der Waals surface area contributed by atoms with Crippen LogP contribution in [0.4, 0.5) is 8.78 Å². The van der Waals surface area contributed by atoms with Crippen LogP contribution in [0.5, 0.6) is 5.75 Å². The van der Waals surface area contributed by atoms with E-state index in [0.717, 1.165) is 25.0 Å². The average molecular weight is 379 g/mol. The van der Waals surface area contributed by atoms with Crippen molar-refractivity contribution in [1.82, 2.24) is 4.98 Å². The highest BCUT2D eigenvalue weighted by Gasteiger charge is 2.22. The first kappa shape index (κ1) is 18.6. The monoisotopic (exact) mass is 379 g/mol. The number of benzene rings is 1. The summed E-state index contributed by atoms with van der Waals surface area (Å²) in [5.41, 5.74) is 0.716. The number of thioether (sulfide) groups is 1. The topological polar surface area (TPSA) is 59.4 Å². The Kier molecular flexibility index (Phi) is 6.08. The summed E-state index contributed by atoms with van der Waals surface area (Å²) in [6.07, 6.45) is 5.21. The summed E-state index contributed by atoms with van der Waals surface area (Å²) in [5.74, 6) is -2.44. The molecule has 0 amide bonds. The molecule has 1 aromatic heterocycles. The van der Waals surface area contributed by atoms with Crippen LogP contribution >= 0.6 is 11.8 Å². The Balaban J connectivity index is 1.78. The lowest BCUT2D eigenvalue weighted by Gasteiger charge is -2.25. The second-order valence-electron chi connectivity index (χ2n) is 6.14. The van der Waals surface area contributed by atoms with Gasteiger partial charge in [-0.15, -0.1) is 11.8 Å². The van der Waals surface area contributed by atoms with Gasteiger partial charge in [0.2, 0.25) is 0 Å². The number of hydrogen-bond donors (Lipinski definition) is 1. The molecule has 0 radical (unpaired) electrons. The van der Waals surface area contributed by atoms with Crippen molar-refractivity contribution >= 4 is 17.7 Å². The van der Waals surface area contributed by atoms with Crippen LogP contribution in [0.25, 0.3) is 11.1 Å². The smallest absolute Gasteiger partial charge is 0.303 e. The van der Waals surface area contributed by atoms with Crippen molar-refractivity contribution in [3.63, 3.8) is 0 Å². The third kappa shape index (κ3) is 4.52. The van der Waals surface area contributed by atoms with E-state index in [2.05, 4.69) is 4.98 Å². The first-order valence-corrected chi connectivity index (χ1v) is 9.38. The number of ether oxygens (including phenoxy) is 1. The molecule has 2 aromatic rings. The normalized spacial score (nSPS) is 14.1. The number of halogens is 2. The molecule has 0 aliphatic heterocycles. The van der Waals surface area contributed by atoms with Crippen LogP contribution in [0.3, 0.4) is 0 Å². The van der Waals surface area contributed by atoms with Crippen LogP contribution in [-0.2, 0) is 4.79 Å². The van der Waals surface area contributed by atoms with Crippen molar-refractivity contribution < 1.29 is 23.4 Å². The number of aromatic nitrogens is 1. The van der Waals surface area contributed by atoms with E-state index in [-0.39, 0.29) is 30.8 Å². The van der Waals surface area contributed by atoms with E-state index < -0.39 is 17.6 Å². The van der Waals surface area contributed by atoms with Crippen molar-refractivity contribution in [2.75, 3.05) is 6.61 Å². The lowest BCUT2D eigenvalue weighted by Crippen LogP contribution is -2.13.